The van der Waals surface area contributed by atoms with Crippen LogP contribution in [-0.2, 0) is 14.4 Å². The smallest absolute Gasteiger partial charge is 0.369 e. The predicted octanol–water partition coefficient (Wildman–Crippen LogP) is 4.80. The minimum atomic E-state index is -4.77. The Balaban J connectivity index is 1.91. The van der Waals surface area contributed by atoms with Gasteiger partial charge in [0.1, 0.15) is 11.9 Å². The van der Waals surface area contributed by atoms with Gasteiger partial charge in [0.25, 0.3) is 0 Å². The van der Waals surface area contributed by atoms with E-state index < -0.39 is 79.5 Å². The summed E-state index contributed by atoms with van der Waals surface area (Å²) < 4.78 is 91.0. The van der Waals surface area contributed by atoms with Gasteiger partial charge in [-0.1, -0.05) is 12.1 Å². The summed E-state index contributed by atoms with van der Waals surface area (Å²) in [5.41, 5.74) is 6.40. The Hall–Kier alpha value is -3.84. The van der Waals surface area contributed by atoms with Crippen molar-refractivity contribution in [3.05, 3.63) is 54.3 Å². The number of alkyl halides is 6. The Morgan fingerprint density at radius 2 is 1.51 bits per heavy atom. The molecule has 212 valence electrons. The average molecular weight is 562 g/mol. The van der Waals surface area contributed by atoms with Crippen molar-refractivity contribution in [1.82, 2.24) is 5.32 Å². The lowest BCUT2D eigenvalue weighted by atomic mass is 9.83. The molecule has 0 aliphatic carbocycles. The Labute approximate surface area is 218 Å². The van der Waals surface area contributed by atoms with E-state index in [4.69, 9.17) is 5.73 Å². The van der Waals surface area contributed by atoms with E-state index in [1.54, 1.807) is 29.2 Å². The number of para-hydroxylation sites is 2. The first kappa shape index (κ1) is 29.7. The van der Waals surface area contributed by atoms with Gasteiger partial charge >= 0.3 is 12.4 Å². The molecule has 3 rings (SSSR count). The largest absolute Gasteiger partial charge is 0.389 e. The number of fused-ring (bicyclic) bond motifs is 1. The maximum atomic E-state index is 13.5. The molecule has 14 heteroatoms. The van der Waals surface area contributed by atoms with Crippen LogP contribution in [0.15, 0.2) is 48.5 Å². The summed E-state index contributed by atoms with van der Waals surface area (Å²) in [4.78, 5) is 39.8. The molecular weight excluding hydrogens is 537 g/mol. The molecule has 0 saturated carbocycles. The van der Waals surface area contributed by atoms with Crippen LogP contribution in [0.5, 0.6) is 0 Å². The van der Waals surface area contributed by atoms with Gasteiger partial charge in [0.05, 0.1) is 17.9 Å². The van der Waals surface area contributed by atoms with Crippen molar-refractivity contribution in [2.24, 2.45) is 17.6 Å². The van der Waals surface area contributed by atoms with Gasteiger partial charge in [-0.3, -0.25) is 14.4 Å². The van der Waals surface area contributed by atoms with Crippen molar-refractivity contribution in [2.75, 3.05) is 16.8 Å². The number of benzene rings is 2. The van der Waals surface area contributed by atoms with Crippen molar-refractivity contribution in [1.29, 1.82) is 0 Å². The number of hydrogen-bond donors (Lipinski definition) is 3. The Bertz CT molecular complexity index is 1190. The van der Waals surface area contributed by atoms with Crippen LogP contribution in [0, 0.1) is 17.7 Å². The van der Waals surface area contributed by atoms with Crippen LogP contribution in [0.2, 0.25) is 0 Å². The van der Waals surface area contributed by atoms with Crippen LogP contribution >= 0.6 is 0 Å². The fourth-order valence-electron chi connectivity index (χ4n) is 4.35. The lowest BCUT2D eigenvalue weighted by Gasteiger charge is -2.29. The number of halogens is 7. The second kappa shape index (κ2) is 11.9. The summed E-state index contributed by atoms with van der Waals surface area (Å²) >= 11 is 0. The third-order valence-corrected chi connectivity index (χ3v) is 6.25. The van der Waals surface area contributed by atoms with Crippen molar-refractivity contribution in [2.45, 2.75) is 44.1 Å². The Morgan fingerprint density at radius 1 is 0.949 bits per heavy atom. The van der Waals surface area contributed by atoms with Gasteiger partial charge in [-0.15, -0.1) is 0 Å². The fourth-order valence-corrected chi connectivity index (χ4v) is 4.35. The van der Waals surface area contributed by atoms with Crippen LogP contribution in [0.4, 0.5) is 47.8 Å². The van der Waals surface area contributed by atoms with Gasteiger partial charge in [-0.05, 0) is 49.2 Å². The summed E-state index contributed by atoms with van der Waals surface area (Å²) in [6.45, 7) is -0.268. The minimum absolute atomic E-state index is 0.268. The van der Waals surface area contributed by atoms with E-state index in [0.717, 1.165) is 12.1 Å². The second-order valence-electron chi connectivity index (χ2n) is 9.08. The highest BCUT2D eigenvalue weighted by Gasteiger charge is 2.41. The van der Waals surface area contributed by atoms with Crippen molar-refractivity contribution >= 4 is 34.8 Å². The molecule has 0 spiro atoms. The summed E-state index contributed by atoms with van der Waals surface area (Å²) in [6, 6.07) is 10.2. The van der Waals surface area contributed by atoms with E-state index in [9.17, 15) is 45.1 Å². The van der Waals surface area contributed by atoms with Crippen LogP contribution in [0.25, 0.3) is 0 Å². The molecule has 0 radical (unpaired) electrons. The highest BCUT2D eigenvalue weighted by atomic mass is 19.4. The molecule has 0 unspecified atom stereocenters. The van der Waals surface area contributed by atoms with E-state index in [-0.39, 0.29) is 6.54 Å². The molecule has 4 N–H and O–H groups in total. The summed E-state index contributed by atoms with van der Waals surface area (Å²) in [5, 5.41) is 4.89. The van der Waals surface area contributed by atoms with E-state index in [1.807, 2.05) is 0 Å². The molecule has 3 atom stereocenters. The molecule has 0 saturated heterocycles. The molecule has 0 aromatic heterocycles. The van der Waals surface area contributed by atoms with Gasteiger partial charge in [-0.25, -0.2) is 4.39 Å². The first-order valence-electron chi connectivity index (χ1n) is 11.8. The van der Waals surface area contributed by atoms with Crippen molar-refractivity contribution in [3.8, 4) is 0 Å². The van der Waals surface area contributed by atoms with E-state index in [2.05, 4.69) is 10.6 Å². The minimum Gasteiger partial charge on any atom is -0.369 e. The highest BCUT2D eigenvalue weighted by molar-refractivity contribution is 6.02. The van der Waals surface area contributed by atoms with Crippen LogP contribution in [-0.4, -0.2) is 42.7 Å². The zero-order chi connectivity index (χ0) is 29.0. The second-order valence-corrected chi connectivity index (χ2v) is 9.08. The number of amides is 3. The zero-order valence-corrected chi connectivity index (χ0v) is 20.3. The van der Waals surface area contributed by atoms with Gasteiger partial charge in [0, 0.05) is 30.4 Å². The quantitative estimate of drug-likeness (QED) is 0.382. The number of anilines is 3. The molecule has 1 aliphatic heterocycles. The SMILES string of the molecule is NC(=O)[C@H](CCC(F)(F)F)[C@H](CCC(F)(F)F)C(=O)N[C@H]1CN(c2ccc(F)cc2)c2ccccc2NC1=O. The number of nitrogens with one attached hydrogen (secondary N) is 2. The topological polar surface area (TPSA) is 105 Å². The van der Waals surface area contributed by atoms with Gasteiger partial charge in [0.2, 0.25) is 17.7 Å². The van der Waals surface area contributed by atoms with Crippen LogP contribution in [0.3, 0.4) is 0 Å². The number of nitrogens with two attached hydrogens (primary N) is 1. The molecule has 2 aromatic carbocycles. The van der Waals surface area contributed by atoms with E-state index >= 15 is 0 Å². The number of carbonyl (C=O) groups excluding carboxylic acids is 3. The van der Waals surface area contributed by atoms with E-state index in [1.165, 1.54) is 12.1 Å². The van der Waals surface area contributed by atoms with Crippen molar-refractivity contribution < 1.29 is 45.1 Å². The highest BCUT2D eigenvalue weighted by Crippen LogP contribution is 2.36. The van der Waals surface area contributed by atoms with Gasteiger partial charge in [-0.2, -0.15) is 26.3 Å². The molecule has 39 heavy (non-hydrogen) atoms. The third-order valence-electron chi connectivity index (χ3n) is 6.25. The summed E-state index contributed by atoms with van der Waals surface area (Å²) in [6.07, 6.45) is -14.7. The number of primary amides is 1. The summed E-state index contributed by atoms with van der Waals surface area (Å²) in [7, 11) is 0. The molecule has 3 amide bonds. The maximum absolute atomic E-state index is 13.5. The standard InChI is InChI=1S/C25H25F7N4O3/c26-14-5-7-15(8-6-14)36-13-19(23(39)34-18-3-1-2-4-20(18)36)35-22(38)17(10-12-25(30,31)32)16(21(33)37)9-11-24(27,28)29/h1-8,16-17,19H,9-13H2,(H2,33,37)(H,34,39)(H,35,38)/t16-,17+,19+/m1/s1. The number of carbonyl (C=O) groups is 3. The Morgan fingerprint density at radius 3 is 2.08 bits per heavy atom. The molecular formula is C25H25F7N4O3. The maximum Gasteiger partial charge on any atom is 0.389 e. The normalized spacial score (nSPS) is 17.5. The number of nitrogens with zero attached hydrogens (tertiary/aromatic N) is 1. The molecule has 0 bridgehead atoms. The van der Waals surface area contributed by atoms with Gasteiger partial charge < -0.3 is 21.3 Å². The monoisotopic (exact) mass is 562 g/mol. The lowest BCUT2D eigenvalue weighted by Crippen LogP contribution is -2.52. The predicted molar refractivity (Wildman–Crippen MR) is 127 cm³/mol. The first-order chi connectivity index (χ1) is 18.1. The Kier molecular flexibility index (Phi) is 9.07. The van der Waals surface area contributed by atoms with Crippen LogP contribution < -0.4 is 21.3 Å². The molecule has 1 aliphatic rings. The third kappa shape index (κ3) is 8.32. The lowest BCUT2D eigenvalue weighted by molar-refractivity contribution is -0.152. The molecule has 0 fully saturated rings. The van der Waals surface area contributed by atoms with Gasteiger partial charge in [0.15, 0.2) is 0 Å². The number of rotatable bonds is 9. The first-order valence-corrected chi connectivity index (χ1v) is 11.8. The van der Waals surface area contributed by atoms with Crippen molar-refractivity contribution in [3.63, 3.8) is 0 Å². The fraction of sp³-hybridized carbons (Fsp3) is 0.400. The number of hydrogen-bond acceptors (Lipinski definition) is 4. The van der Waals surface area contributed by atoms with Crippen LogP contribution in [0.1, 0.15) is 25.7 Å². The summed E-state index contributed by atoms with van der Waals surface area (Å²) in [5.74, 6) is -7.65. The average Bonchev–Trinajstić information content (AvgIpc) is 2.96. The molecule has 1 heterocycles. The zero-order valence-electron chi connectivity index (χ0n) is 20.3. The molecule has 2 aromatic rings. The van der Waals surface area contributed by atoms with E-state index in [0.29, 0.717) is 17.1 Å². The molecule has 7 nitrogen and oxygen atoms in total.